The summed E-state index contributed by atoms with van der Waals surface area (Å²) in [7, 11) is 0. The van der Waals surface area contributed by atoms with Gasteiger partial charge in [0.25, 0.3) is 0 Å². The van der Waals surface area contributed by atoms with Crippen molar-refractivity contribution >= 4 is 0 Å². The van der Waals surface area contributed by atoms with E-state index in [1.807, 2.05) is 0 Å². The first-order chi connectivity index (χ1) is 9.15. The van der Waals surface area contributed by atoms with Crippen molar-refractivity contribution in [1.29, 1.82) is 0 Å². The van der Waals surface area contributed by atoms with Gasteiger partial charge in [0.2, 0.25) is 0 Å². The molecule has 1 nitrogen and oxygen atoms in total. The lowest BCUT2D eigenvalue weighted by Gasteiger charge is -2.22. The van der Waals surface area contributed by atoms with Crippen LogP contribution in [0.25, 0.3) is 0 Å². The predicted molar refractivity (Wildman–Crippen MR) is 81.3 cm³/mol. The van der Waals surface area contributed by atoms with Crippen LogP contribution in [-0.2, 0) is 0 Å². The summed E-state index contributed by atoms with van der Waals surface area (Å²) in [6.45, 7) is 7.95. The SMILES string of the molecule is Cc1ccc(C(C)NCC(C2CC2)C2CC2)c(C)c1. The van der Waals surface area contributed by atoms with Gasteiger partial charge in [-0.3, -0.25) is 0 Å². The molecule has 1 heteroatoms. The van der Waals surface area contributed by atoms with Crippen LogP contribution >= 0.6 is 0 Å². The standard InChI is InChI=1S/C18H27N/c1-12-4-9-17(13(2)10-12)14(3)19-11-18(15-5-6-15)16-7-8-16/h4,9-10,14-16,18-19H,5-8,11H2,1-3H3. The summed E-state index contributed by atoms with van der Waals surface area (Å²) in [5.41, 5.74) is 4.26. The van der Waals surface area contributed by atoms with Gasteiger partial charge in [-0.05, 0) is 81.9 Å². The molecular formula is C18H27N. The maximum absolute atomic E-state index is 3.80. The van der Waals surface area contributed by atoms with Gasteiger partial charge in [0.1, 0.15) is 0 Å². The van der Waals surface area contributed by atoms with Gasteiger partial charge in [0, 0.05) is 6.04 Å². The average molecular weight is 257 g/mol. The van der Waals surface area contributed by atoms with Crippen molar-refractivity contribution in [1.82, 2.24) is 5.32 Å². The van der Waals surface area contributed by atoms with E-state index in [1.54, 1.807) is 0 Å². The summed E-state index contributed by atoms with van der Waals surface area (Å²) >= 11 is 0. The summed E-state index contributed by atoms with van der Waals surface area (Å²) in [6.07, 6.45) is 5.95. The lowest BCUT2D eigenvalue weighted by molar-refractivity contribution is 0.362. The van der Waals surface area contributed by atoms with Crippen LogP contribution in [0.4, 0.5) is 0 Å². The van der Waals surface area contributed by atoms with E-state index in [0.29, 0.717) is 6.04 Å². The van der Waals surface area contributed by atoms with E-state index in [9.17, 15) is 0 Å². The molecule has 2 aliphatic rings. The zero-order chi connectivity index (χ0) is 13.4. The molecule has 0 spiro atoms. The highest BCUT2D eigenvalue weighted by molar-refractivity contribution is 5.32. The van der Waals surface area contributed by atoms with Crippen molar-refractivity contribution in [2.24, 2.45) is 17.8 Å². The van der Waals surface area contributed by atoms with Crippen LogP contribution in [0.15, 0.2) is 18.2 Å². The van der Waals surface area contributed by atoms with E-state index < -0.39 is 0 Å². The Labute approximate surface area is 117 Å². The van der Waals surface area contributed by atoms with Crippen molar-refractivity contribution in [3.8, 4) is 0 Å². The first-order valence-corrected chi connectivity index (χ1v) is 7.95. The zero-order valence-electron chi connectivity index (χ0n) is 12.6. The topological polar surface area (TPSA) is 12.0 Å². The van der Waals surface area contributed by atoms with Crippen molar-refractivity contribution in [2.75, 3.05) is 6.54 Å². The van der Waals surface area contributed by atoms with Gasteiger partial charge in [-0.25, -0.2) is 0 Å². The molecule has 0 aromatic heterocycles. The predicted octanol–water partition coefficient (Wildman–Crippen LogP) is 4.39. The van der Waals surface area contributed by atoms with Crippen LogP contribution in [0.2, 0.25) is 0 Å². The first-order valence-electron chi connectivity index (χ1n) is 7.95. The van der Waals surface area contributed by atoms with Crippen molar-refractivity contribution < 1.29 is 0 Å². The molecule has 1 atom stereocenters. The quantitative estimate of drug-likeness (QED) is 0.797. The Hall–Kier alpha value is -0.820. The van der Waals surface area contributed by atoms with Crippen LogP contribution in [0, 0.1) is 31.6 Å². The van der Waals surface area contributed by atoms with Gasteiger partial charge in [-0.1, -0.05) is 23.8 Å². The summed E-state index contributed by atoms with van der Waals surface area (Å²) in [6, 6.07) is 7.32. The van der Waals surface area contributed by atoms with Gasteiger partial charge in [0.15, 0.2) is 0 Å². The normalized spacial score (nSPS) is 20.8. The highest BCUT2D eigenvalue weighted by Gasteiger charge is 2.41. The van der Waals surface area contributed by atoms with Crippen LogP contribution in [0.3, 0.4) is 0 Å². The molecule has 0 bridgehead atoms. The molecule has 3 rings (SSSR count). The largest absolute Gasteiger partial charge is 0.310 e. The number of rotatable bonds is 6. The number of nitrogens with one attached hydrogen (secondary N) is 1. The molecule has 1 unspecified atom stereocenters. The zero-order valence-corrected chi connectivity index (χ0v) is 12.6. The Morgan fingerprint density at radius 3 is 2.26 bits per heavy atom. The molecule has 2 aliphatic carbocycles. The third kappa shape index (κ3) is 3.20. The van der Waals surface area contributed by atoms with E-state index in [4.69, 9.17) is 0 Å². The van der Waals surface area contributed by atoms with Gasteiger partial charge in [-0.15, -0.1) is 0 Å². The van der Waals surface area contributed by atoms with Crippen LogP contribution in [-0.4, -0.2) is 6.54 Å². The van der Waals surface area contributed by atoms with E-state index >= 15 is 0 Å². The Morgan fingerprint density at radius 2 is 1.74 bits per heavy atom. The minimum absolute atomic E-state index is 0.487. The molecule has 0 saturated heterocycles. The van der Waals surface area contributed by atoms with E-state index in [2.05, 4.69) is 44.3 Å². The molecule has 1 aromatic carbocycles. The first kappa shape index (κ1) is 13.2. The monoisotopic (exact) mass is 257 g/mol. The molecule has 0 amide bonds. The highest BCUT2D eigenvalue weighted by Crippen LogP contribution is 2.49. The van der Waals surface area contributed by atoms with Crippen LogP contribution in [0.5, 0.6) is 0 Å². The molecule has 2 fully saturated rings. The Balaban J connectivity index is 1.59. The van der Waals surface area contributed by atoms with Crippen LogP contribution in [0.1, 0.15) is 55.3 Å². The van der Waals surface area contributed by atoms with Crippen molar-refractivity contribution in [3.63, 3.8) is 0 Å². The van der Waals surface area contributed by atoms with Crippen molar-refractivity contribution in [3.05, 3.63) is 34.9 Å². The van der Waals surface area contributed by atoms with E-state index in [1.165, 1.54) is 48.9 Å². The van der Waals surface area contributed by atoms with E-state index in [0.717, 1.165) is 17.8 Å². The molecule has 0 heterocycles. The molecule has 0 aliphatic heterocycles. The maximum atomic E-state index is 3.80. The second kappa shape index (κ2) is 5.28. The number of hydrogen-bond acceptors (Lipinski definition) is 1. The number of benzene rings is 1. The summed E-state index contributed by atoms with van der Waals surface area (Å²) in [5, 5.41) is 3.80. The van der Waals surface area contributed by atoms with Crippen LogP contribution < -0.4 is 5.32 Å². The third-order valence-corrected chi connectivity index (χ3v) is 5.01. The smallest absolute Gasteiger partial charge is 0.0294 e. The van der Waals surface area contributed by atoms with Gasteiger partial charge in [-0.2, -0.15) is 0 Å². The van der Waals surface area contributed by atoms with Crippen molar-refractivity contribution in [2.45, 2.75) is 52.5 Å². The number of hydrogen-bond donors (Lipinski definition) is 1. The second-order valence-electron chi connectivity index (χ2n) is 6.83. The maximum Gasteiger partial charge on any atom is 0.0294 e. The summed E-state index contributed by atoms with van der Waals surface area (Å²) in [4.78, 5) is 0. The van der Waals surface area contributed by atoms with Gasteiger partial charge in [0.05, 0.1) is 0 Å². The minimum atomic E-state index is 0.487. The third-order valence-electron chi connectivity index (χ3n) is 5.01. The second-order valence-corrected chi connectivity index (χ2v) is 6.83. The lowest BCUT2D eigenvalue weighted by atomic mass is 9.96. The highest BCUT2D eigenvalue weighted by atomic mass is 14.9. The molecule has 2 saturated carbocycles. The summed E-state index contributed by atoms with van der Waals surface area (Å²) in [5.74, 6) is 3.06. The van der Waals surface area contributed by atoms with E-state index in [-0.39, 0.29) is 0 Å². The fourth-order valence-corrected chi connectivity index (χ4v) is 3.50. The lowest BCUT2D eigenvalue weighted by Crippen LogP contribution is -2.28. The molecule has 19 heavy (non-hydrogen) atoms. The molecule has 1 N–H and O–H groups in total. The summed E-state index contributed by atoms with van der Waals surface area (Å²) < 4.78 is 0. The fraction of sp³-hybridized carbons (Fsp3) is 0.667. The fourth-order valence-electron chi connectivity index (χ4n) is 3.50. The Bertz CT molecular complexity index is 431. The number of aryl methyl sites for hydroxylation is 2. The average Bonchev–Trinajstić information content (AvgIpc) is 3.23. The Kier molecular flexibility index (Phi) is 3.66. The Morgan fingerprint density at radius 1 is 1.11 bits per heavy atom. The minimum Gasteiger partial charge on any atom is -0.310 e. The molecular weight excluding hydrogens is 230 g/mol. The van der Waals surface area contributed by atoms with Gasteiger partial charge >= 0.3 is 0 Å². The molecule has 1 aromatic rings. The molecule has 104 valence electrons. The van der Waals surface area contributed by atoms with Gasteiger partial charge < -0.3 is 5.32 Å². The molecule has 0 radical (unpaired) electrons.